The molecule has 0 aromatic heterocycles. The molecular weight excluding hydrogens is 354 g/mol. The van der Waals surface area contributed by atoms with Crippen molar-refractivity contribution in [2.75, 3.05) is 12.3 Å². The standard InChI is InChI=1S/C20H24ClNO2S/c1-3-19(24-17-9-6-7-15(2)13-17)20(23)22-11-12-25-14-16-8-4-5-10-18(16)21/h4-10,13,19H,3,11-12,14H2,1-2H3,(H,22,23)/t19-/m0/s1. The topological polar surface area (TPSA) is 38.3 Å². The van der Waals surface area contributed by atoms with Crippen molar-refractivity contribution in [2.45, 2.75) is 32.1 Å². The minimum atomic E-state index is -0.463. The van der Waals surface area contributed by atoms with Crippen molar-refractivity contribution in [1.29, 1.82) is 0 Å². The molecule has 0 aliphatic carbocycles. The molecule has 0 saturated heterocycles. The maximum atomic E-state index is 12.3. The van der Waals surface area contributed by atoms with Gasteiger partial charge in [-0.05, 0) is 42.7 Å². The van der Waals surface area contributed by atoms with Crippen LogP contribution in [0.1, 0.15) is 24.5 Å². The lowest BCUT2D eigenvalue weighted by atomic mass is 10.2. The molecule has 0 fully saturated rings. The Morgan fingerprint density at radius 3 is 2.76 bits per heavy atom. The third-order valence-electron chi connectivity index (χ3n) is 3.69. The number of carbonyl (C=O) groups is 1. The molecule has 0 radical (unpaired) electrons. The molecule has 5 heteroatoms. The van der Waals surface area contributed by atoms with Crippen LogP contribution in [0.25, 0.3) is 0 Å². The molecule has 0 spiro atoms. The zero-order chi connectivity index (χ0) is 18.1. The number of carbonyl (C=O) groups excluding carboxylic acids is 1. The molecular formula is C20H24ClNO2S. The van der Waals surface area contributed by atoms with Crippen LogP contribution in [0, 0.1) is 6.92 Å². The van der Waals surface area contributed by atoms with Gasteiger partial charge in [0.1, 0.15) is 5.75 Å². The molecule has 0 heterocycles. The lowest BCUT2D eigenvalue weighted by Gasteiger charge is -2.17. The first-order valence-electron chi connectivity index (χ1n) is 8.42. The van der Waals surface area contributed by atoms with Crippen molar-refractivity contribution in [3.63, 3.8) is 0 Å². The van der Waals surface area contributed by atoms with Crippen LogP contribution in [-0.2, 0) is 10.5 Å². The highest BCUT2D eigenvalue weighted by molar-refractivity contribution is 7.98. The SMILES string of the molecule is CC[C@H](Oc1cccc(C)c1)C(=O)NCCSCc1ccccc1Cl. The number of aryl methyl sites for hydroxylation is 1. The Morgan fingerprint density at radius 2 is 2.04 bits per heavy atom. The Labute approximate surface area is 159 Å². The monoisotopic (exact) mass is 377 g/mol. The van der Waals surface area contributed by atoms with E-state index < -0.39 is 6.10 Å². The van der Waals surface area contributed by atoms with Gasteiger partial charge in [0.15, 0.2) is 6.10 Å². The molecule has 0 unspecified atom stereocenters. The summed E-state index contributed by atoms with van der Waals surface area (Å²) in [6.07, 6.45) is 0.169. The minimum absolute atomic E-state index is 0.0673. The van der Waals surface area contributed by atoms with Crippen LogP contribution in [0.2, 0.25) is 5.02 Å². The highest BCUT2D eigenvalue weighted by atomic mass is 35.5. The highest BCUT2D eigenvalue weighted by Gasteiger charge is 2.17. The van der Waals surface area contributed by atoms with Gasteiger partial charge in [-0.2, -0.15) is 11.8 Å². The van der Waals surface area contributed by atoms with Gasteiger partial charge in [0.05, 0.1) is 0 Å². The van der Waals surface area contributed by atoms with E-state index in [-0.39, 0.29) is 5.91 Å². The summed E-state index contributed by atoms with van der Waals surface area (Å²) < 4.78 is 5.81. The quantitative estimate of drug-likeness (QED) is 0.634. The lowest BCUT2D eigenvalue weighted by Crippen LogP contribution is -2.39. The Kier molecular flexibility index (Phi) is 8.16. The lowest BCUT2D eigenvalue weighted by molar-refractivity contribution is -0.127. The van der Waals surface area contributed by atoms with Crippen molar-refractivity contribution in [1.82, 2.24) is 5.32 Å². The fourth-order valence-electron chi connectivity index (χ4n) is 2.33. The first-order chi connectivity index (χ1) is 12.1. The van der Waals surface area contributed by atoms with E-state index in [1.165, 1.54) is 0 Å². The third kappa shape index (κ3) is 6.63. The van der Waals surface area contributed by atoms with Gasteiger partial charge < -0.3 is 10.1 Å². The second kappa shape index (κ2) is 10.4. The van der Waals surface area contributed by atoms with Gasteiger partial charge in [-0.25, -0.2) is 0 Å². The Hall–Kier alpha value is -1.65. The molecule has 2 rings (SSSR count). The molecule has 2 aromatic rings. The van der Waals surface area contributed by atoms with E-state index in [2.05, 4.69) is 5.32 Å². The maximum Gasteiger partial charge on any atom is 0.261 e. The number of thioether (sulfide) groups is 1. The minimum Gasteiger partial charge on any atom is -0.481 e. The van der Waals surface area contributed by atoms with Crippen LogP contribution in [0.5, 0.6) is 5.75 Å². The zero-order valence-corrected chi connectivity index (χ0v) is 16.2. The summed E-state index contributed by atoms with van der Waals surface area (Å²) >= 11 is 7.88. The van der Waals surface area contributed by atoms with E-state index in [1.807, 2.05) is 62.4 Å². The van der Waals surface area contributed by atoms with E-state index >= 15 is 0 Å². The number of hydrogen-bond donors (Lipinski definition) is 1. The second-order valence-electron chi connectivity index (χ2n) is 5.77. The van der Waals surface area contributed by atoms with Crippen LogP contribution >= 0.6 is 23.4 Å². The Morgan fingerprint density at radius 1 is 1.24 bits per heavy atom. The molecule has 1 N–H and O–H groups in total. The van der Waals surface area contributed by atoms with Gasteiger partial charge in [-0.1, -0.05) is 48.9 Å². The molecule has 25 heavy (non-hydrogen) atoms. The smallest absolute Gasteiger partial charge is 0.261 e. The number of rotatable bonds is 9. The summed E-state index contributed by atoms with van der Waals surface area (Å²) in [6, 6.07) is 15.6. The van der Waals surface area contributed by atoms with E-state index in [0.717, 1.165) is 33.4 Å². The Balaban J connectivity index is 1.72. The van der Waals surface area contributed by atoms with Crippen molar-refractivity contribution in [2.24, 2.45) is 0 Å². The molecule has 0 bridgehead atoms. The van der Waals surface area contributed by atoms with Crippen molar-refractivity contribution in [3.8, 4) is 5.75 Å². The average molecular weight is 378 g/mol. The van der Waals surface area contributed by atoms with Crippen molar-refractivity contribution >= 4 is 29.3 Å². The zero-order valence-electron chi connectivity index (χ0n) is 14.6. The first kappa shape index (κ1) is 19.7. The Bertz CT molecular complexity index is 693. The number of halogens is 1. The van der Waals surface area contributed by atoms with Gasteiger partial charge >= 0.3 is 0 Å². The summed E-state index contributed by atoms with van der Waals surface area (Å²) in [7, 11) is 0. The number of nitrogens with one attached hydrogen (secondary N) is 1. The number of amides is 1. The molecule has 1 amide bonds. The highest BCUT2D eigenvalue weighted by Crippen LogP contribution is 2.20. The molecule has 3 nitrogen and oxygen atoms in total. The summed E-state index contributed by atoms with van der Waals surface area (Å²) in [5.74, 6) is 2.34. The average Bonchev–Trinajstić information content (AvgIpc) is 2.60. The number of hydrogen-bond acceptors (Lipinski definition) is 3. The predicted molar refractivity (Wildman–Crippen MR) is 107 cm³/mol. The summed E-state index contributed by atoms with van der Waals surface area (Å²) in [4.78, 5) is 12.3. The van der Waals surface area contributed by atoms with Gasteiger partial charge in [0.25, 0.3) is 5.91 Å². The fourth-order valence-corrected chi connectivity index (χ4v) is 3.48. The molecule has 134 valence electrons. The van der Waals surface area contributed by atoms with Crippen LogP contribution in [0.4, 0.5) is 0 Å². The van der Waals surface area contributed by atoms with Crippen LogP contribution in [-0.4, -0.2) is 24.3 Å². The van der Waals surface area contributed by atoms with E-state index in [1.54, 1.807) is 11.8 Å². The van der Waals surface area contributed by atoms with E-state index in [0.29, 0.717) is 13.0 Å². The van der Waals surface area contributed by atoms with Crippen LogP contribution < -0.4 is 10.1 Å². The molecule has 0 aliphatic rings. The second-order valence-corrected chi connectivity index (χ2v) is 7.28. The largest absolute Gasteiger partial charge is 0.481 e. The van der Waals surface area contributed by atoms with Gasteiger partial charge in [0, 0.05) is 23.1 Å². The molecule has 2 aromatic carbocycles. The van der Waals surface area contributed by atoms with Gasteiger partial charge in [-0.3, -0.25) is 4.79 Å². The molecule has 1 atom stereocenters. The first-order valence-corrected chi connectivity index (χ1v) is 9.95. The van der Waals surface area contributed by atoms with Gasteiger partial charge in [0.2, 0.25) is 0 Å². The fraction of sp³-hybridized carbons (Fsp3) is 0.350. The van der Waals surface area contributed by atoms with Crippen LogP contribution in [0.15, 0.2) is 48.5 Å². The summed E-state index contributed by atoms with van der Waals surface area (Å²) in [5, 5.41) is 3.74. The molecule has 0 aliphatic heterocycles. The summed E-state index contributed by atoms with van der Waals surface area (Å²) in [5.41, 5.74) is 2.23. The third-order valence-corrected chi connectivity index (χ3v) is 5.07. The van der Waals surface area contributed by atoms with E-state index in [9.17, 15) is 4.79 Å². The van der Waals surface area contributed by atoms with Gasteiger partial charge in [-0.15, -0.1) is 0 Å². The number of benzene rings is 2. The summed E-state index contributed by atoms with van der Waals surface area (Å²) in [6.45, 7) is 4.57. The number of ether oxygens (including phenoxy) is 1. The normalized spacial score (nSPS) is 11.8. The maximum absolute atomic E-state index is 12.3. The molecule has 0 saturated carbocycles. The van der Waals surface area contributed by atoms with Crippen molar-refractivity contribution < 1.29 is 9.53 Å². The van der Waals surface area contributed by atoms with E-state index in [4.69, 9.17) is 16.3 Å². The van der Waals surface area contributed by atoms with Crippen LogP contribution in [0.3, 0.4) is 0 Å². The van der Waals surface area contributed by atoms with Crippen molar-refractivity contribution in [3.05, 3.63) is 64.7 Å². The predicted octanol–water partition coefficient (Wildman–Crippen LogP) is 4.86.